The van der Waals surface area contributed by atoms with E-state index in [0.717, 1.165) is 5.56 Å². The van der Waals surface area contributed by atoms with Gasteiger partial charge in [-0.1, -0.05) is 26.0 Å². The van der Waals surface area contributed by atoms with Crippen LogP contribution in [0, 0.1) is 11.7 Å². The van der Waals surface area contributed by atoms with Crippen molar-refractivity contribution in [3.63, 3.8) is 0 Å². The van der Waals surface area contributed by atoms with Crippen molar-refractivity contribution in [2.24, 2.45) is 5.92 Å². The number of furan rings is 1. The minimum Gasteiger partial charge on any atom is -0.467 e. The van der Waals surface area contributed by atoms with Gasteiger partial charge < -0.3 is 25.1 Å². The minimum atomic E-state index is -0.757. The molecule has 1 aliphatic heterocycles. The number of esters is 1. The van der Waals surface area contributed by atoms with Gasteiger partial charge in [-0.05, 0) is 42.7 Å². The van der Waals surface area contributed by atoms with Crippen LogP contribution in [0.15, 0.2) is 58.3 Å². The maximum Gasteiger partial charge on any atom is 0.338 e. The van der Waals surface area contributed by atoms with Gasteiger partial charge in [-0.3, -0.25) is 0 Å². The summed E-state index contributed by atoms with van der Waals surface area (Å²) in [6, 6.07) is 8.33. The number of ether oxygens (including phenoxy) is 1. The zero-order valence-corrected chi connectivity index (χ0v) is 17.2. The molecule has 0 saturated heterocycles. The maximum atomic E-state index is 13.3. The second kappa shape index (κ2) is 9.58. The number of rotatable bonds is 8. The normalized spacial score (nSPS) is 17.5. The molecule has 7 nitrogen and oxygen atoms in total. The highest BCUT2D eigenvalue weighted by Crippen LogP contribution is 2.29. The Kier molecular flexibility index (Phi) is 6.89. The molecule has 0 radical (unpaired) electrons. The summed E-state index contributed by atoms with van der Waals surface area (Å²) in [5, 5.41) is 8.81. The third-order valence-electron chi connectivity index (χ3n) is 4.87. The number of carbonyl (C=O) groups is 2. The molecule has 2 heterocycles. The SMILES string of the molecule is CCOC(=O)C1=C(CN[C@H](c2ccc(F)cc2)C(C)C)NC(=O)N[C@@H]1c1ccco1. The average molecular weight is 415 g/mol. The fourth-order valence-electron chi connectivity index (χ4n) is 3.50. The van der Waals surface area contributed by atoms with Gasteiger partial charge in [0.1, 0.15) is 17.6 Å². The number of carbonyl (C=O) groups excluding carboxylic acids is 2. The standard InChI is InChI=1S/C22H26FN3O4/c1-4-29-21(27)18-16(25-22(28)26-20(18)17-6-5-11-30-17)12-24-19(13(2)3)14-7-9-15(23)10-8-14/h5-11,13,19-20,24H,4,12H2,1-3H3,(H2,25,26,28)/t19-,20+/m0/s1. The van der Waals surface area contributed by atoms with E-state index in [0.29, 0.717) is 11.5 Å². The highest BCUT2D eigenvalue weighted by molar-refractivity contribution is 5.95. The maximum absolute atomic E-state index is 13.3. The van der Waals surface area contributed by atoms with Gasteiger partial charge >= 0.3 is 12.0 Å². The molecule has 30 heavy (non-hydrogen) atoms. The molecule has 160 valence electrons. The molecule has 1 aliphatic rings. The molecule has 8 heteroatoms. The molecule has 3 rings (SSSR count). The summed E-state index contributed by atoms with van der Waals surface area (Å²) in [4.78, 5) is 25.0. The lowest BCUT2D eigenvalue weighted by atomic mass is 9.95. The Hall–Kier alpha value is -3.13. The van der Waals surface area contributed by atoms with Crippen LogP contribution in [0.2, 0.25) is 0 Å². The highest BCUT2D eigenvalue weighted by atomic mass is 19.1. The Balaban J connectivity index is 1.92. The molecule has 1 aromatic heterocycles. The van der Waals surface area contributed by atoms with Gasteiger partial charge in [0.15, 0.2) is 0 Å². The Bertz CT molecular complexity index is 907. The van der Waals surface area contributed by atoms with E-state index in [1.54, 1.807) is 31.2 Å². The molecule has 0 aliphatic carbocycles. The Morgan fingerprint density at radius 1 is 1.27 bits per heavy atom. The number of halogens is 1. The topological polar surface area (TPSA) is 92.6 Å². The van der Waals surface area contributed by atoms with Crippen LogP contribution in [0.4, 0.5) is 9.18 Å². The summed E-state index contributed by atoms with van der Waals surface area (Å²) in [6.45, 7) is 6.20. The number of hydrogen-bond donors (Lipinski definition) is 3. The lowest BCUT2D eigenvalue weighted by Gasteiger charge is -2.30. The molecule has 2 amide bonds. The van der Waals surface area contributed by atoms with E-state index in [4.69, 9.17) is 9.15 Å². The summed E-state index contributed by atoms with van der Waals surface area (Å²) in [5.41, 5.74) is 1.60. The van der Waals surface area contributed by atoms with E-state index in [2.05, 4.69) is 16.0 Å². The lowest BCUT2D eigenvalue weighted by Crippen LogP contribution is -2.48. The van der Waals surface area contributed by atoms with Crippen molar-refractivity contribution in [1.82, 2.24) is 16.0 Å². The van der Waals surface area contributed by atoms with E-state index in [9.17, 15) is 14.0 Å². The van der Waals surface area contributed by atoms with E-state index >= 15 is 0 Å². The first-order chi connectivity index (χ1) is 14.4. The van der Waals surface area contributed by atoms with Gasteiger partial charge in [-0.15, -0.1) is 0 Å². The van der Waals surface area contributed by atoms with Crippen LogP contribution in [0.1, 0.15) is 44.2 Å². The quantitative estimate of drug-likeness (QED) is 0.573. The van der Waals surface area contributed by atoms with Crippen LogP contribution < -0.4 is 16.0 Å². The predicted octanol–water partition coefficient (Wildman–Crippen LogP) is 3.58. The van der Waals surface area contributed by atoms with Crippen molar-refractivity contribution >= 4 is 12.0 Å². The summed E-state index contributed by atoms with van der Waals surface area (Å²) >= 11 is 0. The predicted molar refractivity (Wildman–Crippen MR) is 109 cm³/mol. The van der Waals surface area contributed by atoms with E-state index in [-0.39, 0.29) is 36.5 Å². The summed E-state index contributed by atoms with van der Waals surface area (Å²) in [5.74, 6) is -0.226. The summed E-state index contributed by atoms with van der Waals surface area (Å²) in [6.07, 6.45) is 1.48. The fraction of sp³-hybridized carbons (Fsp3) is 0.364. The Morgan fingerprint density at radius 3 is 2.60 bits per heavy atom. The molecule has 0 bridgehead atoms. The molecular weight excluding hydrogens is 389 g/mol. The van der Waals surface area contributed by atoms with Crippen LogP contribution in [0.25, 0.3) is 0 Å². The monoisotopic (exact) mass is 415 g/mol. The van der Waals surface area contributed by atoms with Crippen molar-refractivity contribution in [3.05, 3.63) is 71.1 Å². The van der Waals surface area contributed by atoms with Crippen molar-refractivity contribution in [2.75, 3.05) is 13.2 Å². The molecule has 0 fully saturated rings. The molecule has 1 aromatic carbocycles. The van der Waals surface area contributed by atoms with Crippen LogP contribution in [-0.2, 0) is 9.53 Å². The highest BCUT2D eigenvalue weighted by Gasteiger charge is 2.35. The summed E-state index contributed by atoms with van der Waals surface area (Å²) < 4.78 is 24.0. The molecule has 2 aromatic rings. The van der Waals surface area contributed by atoms with Gasteiger partial charge in [0.2, 0.25) is 0 Å². The van der Waals surface area contributed by atoms with Crippen molar-refractivity contribution < 1.29 is 23.1 Å². The molecule has 0 unspecified atom stereocenters. The third-order valence-corrected chi connectivity index (χ3v) is 4.87. The molecule has 0 spiro atoms. The number of nitrogens with one attached hydrogen (secondary N) is 3. The fourth-order valence-corrected chi connectivity index (χ4v) is 3.50. The number of hydrogen-bond acceptors (Lipinski definition) is 5. The van der Waals surface area contributed by atoms with Gasteiger partial charge in [-0.25, -0.2) is 14.0 Å². The van der Waals surface area contributed by atoms with E-state index in [1.165, 1.54) is 18.4 Å². The Morgan fingerprint density at radius 2 is 2.00 bits per heavy atom. The molecular formula is C22H26FN3O4. The zero-order chi connectivity index (χ0) is 21.7. The van der Waals surface area contributed by atoms with Crippen LogP contribution >= 0.6 is 0 Å². The van der Waals surface area contributed by atoms with Crippen molar-refractivity contribution in [3.8, 4) is 0 Å². The summed E-state index contributed by atoms with van der Waals surface area (Å²) in [7, 11) is 0. The van der Waals surface area contributed by atoms with Crippen LogP contribution in [-0.4, -0.2) is 25.2 Å². The van der Waals surface area contributed by atoms with Gasteiger partial charge in [0.25, 0.3) is 0 Å². The minimum absolute atomic E-state index is 0.115. The molecule has 3 N–H and O–H groups in total. The Labute approximate surface area is 174 Å². The second-order valence-electron chi connectivity index (χ2n) is 7.31. The van der Waals surface area contributed by atoms with Crippen LogP contribution in [0.5, 0.6) is 0 Å². The van der Waals surface area contributed by atoms with Gasteiger partial charge in [0, 0.05) is 18.3 Å². The van der Waals surface area contributed by atoms with Crippen molar-refractivity contribution in [1.29, 1.82) is 0 Å². The van der Waals surface area contributed by atoms with E-state index in [1.807, 2.05) is 13.8 Å². The number of benzene rings is 1. The molecule has 2 atom stereocenters. The first kappa shape index (κ1) is 21.6. The smallest absolute Gasteiger partial charge is 0.338 e. The van der Waals surface area contributed by atoms with Gasteiger partial charge in [-0.2, -0.15) is 0 Å². The first-order valence-electron chi connectivity index (χ1n) is 9.90. The van der Waals surface area contributed by atoms with E-state index < -0.39 is 18.0 Å². The van der Waals surface area contributed by atoms with Crippen molar-refractivity contribution in [2.45, 2.75) is 32.9 Å². The first-order valence-corrected chi connectivity index (χ1v) is 9.90. The number of urea groups is 1. The van der Waals surface area contributed by atoms with Crippen LogP contribution in [0.3, 0.4) is 0 Å². The largest absolute Gasteiger partial charge is 0.467 e. The average Bonchev–Trinajstić information content (AvgIpc) is 3.23. The number of amides is 2. The second-order valence-corrected chi connectivity index (χ2v) is 7.31. The lowest BCUT2D eigenvalue weighted by molar-refractivity contribution is -0.139. The third kappa shape index (κ3) is 4.88. The molecule has 0 saturated carbocycles. The van der Waals surface area contributed by atoms with Gasteiger partial charge in [0.05, 0.1) is 18.4 Å². The zero-order valence-electron chi connectivity index (χ0n) is 17.2.